The van der Waals surface area contributed by atoms with Crippen LogP contribution in [0.15, 0.2) is 0 Å². The zero-order chi connectivity index (χ0) is 13.9. The molecule has 0 bridgehead atoms. The zero-order valence-electron chi connectivity index (χ0n) is 12.9. The largest absolute Gasteiger partial charge is 0.303 e. The third-order valence-electron chi connectivity index (χ3n) is 5.55. The van der Waals surface area contributed by atoms with Crippen LogP contribution in [0, 0.1) is 16.7 Å². The van der Waals surface area contributed by atoms with Gasteiger partial charge in [-0.05, 0) is 71.1 Å². The van der Waals surface area contributed by atoms with Crippen LogP contribution in [0.2, 0.25) is 0 Å². The molecule has 1 heterocycles. The predicted octanol–water partition coefficient (Wildman–Crippen LogP) is 2.88. The van der Waals surface area contributed by atoms with E-state index in [1.54, 1.807) is 0 Å². The standard InChI is InChI=1S/C16H29N3/c1-4-5-11-19-12-10-15(14-19)6-8-16(13-17,9-7-15)18(2)3/h4-12,14H2,1-3H3. The Bertz CT molecular complexity index is 334. The molecule has 0 aromatic heterocycles. The molecule has 2 rings (SSSR count). The second kappa shape index (κ2) is 5.81. The minimum absolute atomic E-state index is 0.192. The number of unbranched alkanes of at least 4 members (excludes halogenated alkanes) is 1. The molecule has 0 radical (unpaired) electrons. The molecule has 0 amide bonds. The Morgan fingerprint density at radius 2 is 1.84 bits per heavy atom. The van der Waals surface area contributed by atoms with E-state index in [0.29, 0.717) is 5.41 Å². The Morgan fingerprint density at radius 1 is 1.16 bits per heavy atom. The zero-order valence-corrected chi connectivity index (χ0v) is 12.9. The molecule has 3 nitrogen and oxygen atoms in total. The molecule has 3 heteroatoms. The van der Waals surface area contributed by atoms with Gasteiger partial charge in [-0.1, -0.05) is 13.3 Å². The molecule has 2 aliphatic rings. The van der Waals surface area contributed by atoms with Gasteiger partial charge in [0.1, 0.15) is 5.54 Å². The van der Waals surface area contributed by atoms with E-state index >= 15 is 0 Å². The van der Waals surface area contributed by atoms with Crippen molar-refractivity contribution in [2.45, 2.75) is 57.4 Å². The first-order chi connectivity index (χ1) is 9.06. The fourth-order valence-corrected chi connectivity index (χ4v) is 3.86. The fourth-order valence-electron chi connectivity index (χ4n) is 3.86. The van der Waals surface area contributed by atoms with Crippen LogP contribution >= 0.6 is 0 Å². The van der Waals surface area contributed by atoms with Gasteiger partial charge in [0.2, 0.25) is 0 Å². The number of hydrogen-bond donors (Lipinski definition) is 0. The van der Waals surface area contributed by atoms with Gasteiger partial charge in [0.05, 0.1) is 6.07 Å². The highest BCUT2D eigenvalue weighted by molar-refractivity contribution is 5.12. The lowest BCUT2D eigenvalue weighted by atomic mass is 9.67. The van der Waals surface area contributed by atoms with Crippen LogP contribution in [-0.4, -0.2) is 49.1 Å². The normalized spacial score (nSPS) is 35.9. The summed E-state index contributed by atoms with van der Waals surface area (Å²) >= 11 is 0. The van der Waals surface area contributed by atoms with Gasteiger partial charge >= 0.3 is 0 Å². The van der Waals surface area contributed by atoms with Crippen LogP contribution in [0.25, 0.3) is 0 Å². The van der Waals surface area contributed by atoms with Crippen LogP contribution in [0.4, 0.5) is 0 Å². The molecular weight excluding hydrogens is 234 g/mol. The van der Waals surface area contributed by atoms with Crippen LogP contribution in [-0.2, 0) is 0 Å². The van der Waals surface area contributed by atoms with Crippen molar-refractivity contribution in [3.05, 3.63) is 0 Å². The third-order valence-corrected chi connectivity index (χ3v) is 5.55. The maximum Gasteiger partial charge on any atom is 0.108 e. The van der Waals surface area contributed by atoms with E-state index in [2.05, 4.69) is 36.9 Å². The quantitative estimate of drug-likeness (QED) is 0.781. The van der Waals surface area contributed by atoms with Crippen molar-refractivity contribution in [2.24, 2.45) is 5.41 Å². The van der Waals surface area contributed by atoms with Gasteiger partial charge in [-0.15, -0.1) is 0 Å². The van der Waals surface area contributed by atoms with Gasteiger partial charge in [-0.2, -0.15) is 5.26 Å². The molecule has 1 spiro atoms. The molecule has 0 unspecified atom stereocenters. The monoisotopic (exact) mass is 263 g/mol. The maximum absolute atomic E-state index is 9.51. The first-order valence-corrected chi connectivity index (χ1v) is 7.87. The Labute approximate surface area is 118 Å². The second-order valence-corrected chi connectivity index (χ2v) is 6.92. The van der Waals surface area contributed by atoms with Crippen LogP contribution < -0.4 is 0 Å². The van der Waals surface area contributed by atoms with Crippen molar-refractivity contribution < 1.29 is 0 Å². The maximum atomic E-state index is 9.51. The average Bonchev–Trinajstić information content (AvgIpc) is 2.81. The van der Waals surface area contributed by atoms with E-state index in [0.717, 1.165) is 12.8 Å². The van der Waals surface area contributed by atoms with Crippen molar-refractivity contribution in [1.29, 1.82) is 5.26 Å². The minimum atomic E-state index is -0.192. The summed E-state index contributed by atoms with van der Waals surface area (Å²) in [6, 6.07) is 2.58. The molecule has 19 heavy (non-hydrogen) atoms. The predicted molar refractivity (Wildman–Crippen MR) is 78.9 cm³/mol. The lowest BCUT2D eigenvalue weighted by Crippen LogP contribution is -2.48. The van der Waals surface area contributed by atoms with E-state index in [4.69, 9.17) is 0 Å². The lowest BCUT2D eigenvalue weighted by molar-refractivity contribution is 0.0792. The fraction of sp³-hybridized carbons (Fsp3) is 0.938. The molecule has 1 saturated carbocycles. The molecular formula is C16H29N3. The van der Waals surface area contributed by atoms with Crippen molar-refractivity contribution in [2.75, 3.05) is 33.7 Å². The molecule has 0 aromatic carbocycles. The number of likely N-dealkylation sites (tertiary alicyclic amines) is 1. The van der Waals surface area contributed by atoms with Gasteiger partial charge in [-0.25, -0.2) is 0 Å². The second-order valence-electron chi connectivity index (χ2n) is 6.92. The smallest absolute Gasteiger partial charge is 0.108 e. The summed E-state index contributed by atoms with van der Waals surface area (Å²) in [4.78, 5) is 4.79. The molecule has 108 valence electrons. The molecule has 0 N–H and O–H groups in total. The van der Waals surface area contributed by atoms with Gasteiger partial charge in [0, 0.05) is 6.54 Å². The van der Waals surface area contributed by atoms with E-state index in [9.17, 15) is 5.26 Å². The SMILES string of the molecule is CCCCN1CCC2(CCC(C#N)(N(C)C)CC2)C1. The highest BCUT2D eigenvalue weighted by atomic mass is 15.2. The lowest BCUT2D eigenvalue weighted by Gasteiger charge is -2.44. The first-order valence-electron chi connectivity index (χ1n) is 7.87. The van der Waals surface area contributed by atoms with E-state index in [1.807, 2.05) is 0 Å². The molecule has 1 aliphatic heterocycles. The summed E-state index contributed by atoms with van der Waals surface area (Å²) in [7, 11) is 4.12. The summed E-state index contributed by atoms with van der Waals surface area (Å²) in [5.41, 5.74) is 0.339. The van der Waals surface area contributed by atoms with Crippen LogP contribution in [0.5, 0.6) is 0 Å². The van der Waals surface area contributed by atoms with E-state index in [-0.39, 0.29) is 5.54 Å². The molecule has 0 atom stereocenters. The molecule has 2 fully saturated rings. The Kier molecular flexibility index (Phi) is 4.53. The first kappa shape index (κ1) is 14.8. The topological polar surface area (TPSA) is 30.3 Å². The van der Waals surface area contributed by atoms with Crippen LogP contribution in [0.1, 0.15) is 51.9 Å². The van der Waals surface area contributed by atoms with Gasteiger partial charge in [0.15, 0.2) is 0 Å². The van der Waals surface area contributed by atoms with Gasteiger partial charge < -0.3 is 4.90 Å². The Morgan fingerprint density at radius 3 is 2.37 bits per heavy atom. The van der Waals surface area contributed by atoms with Crippen molar-refractivity contribution >= 4 is 0 Å². The Hall–Kier alpha value is -0.590. The number of nitrogens with zero attached hydrogens (tertiary/aromatic N) is 3. The third kappa shape index (κ3) is 2.95. The number of rotatable bonds is 4. The van der Waals surface area contributed by atoms with Gasteiger partial charge in [-0.3, -0.25) is 4.90 Å². The average molecular weight is 263 g/mol. The van der Waals surface area contributed by atoms with E-state index < -0.39 is 0 Å². The molecule has 1 aliphatic carbocycles. The van der Waals surface area contributed by atoms with Crippen molar-refractivity contribution in [1.82, 2.24) is 9.80 Å². The number of nitriles is 1. The Balaban J connectivity index is 1.91. The molecule has 1 saturated heterocycles. The summed E-state index contributed by atoms with van der Waals surface area (Å²) in [5.74, 6) is 0. The number of hydrogen-bond acceptors (Lipinski definition) is 3. The summed E-state index contributed by atoms with van der Waals surface area (Å²) in [6.07, 6.45) is 8.56. The molecule has 0 aromatic rings. The summed E-state index contributed by atoms with van der Waals surface area (Å²) < 4.78 is 0. The minimum Gasteiger partial charge on any atom is -0.303 e. The summed E-state index contributed by atoms with van der Waals surface area (Å²) in [6.45, 7) is 6.10. The summed E-state index contributed by atoms with van der Waals surface area (Å²) in [5, 5.41) is 9.51. The van der Waals surface area contributed by atoms with Gasteiger partial charge in [0.25, 0.3) is 0 Å². The highest BCUT2D eigenvalue weighted by Crippen LogP contribution is 2.47. The van der Waals surface area contributed by atoms with Crippen molar-refractivity contribution in [3.8, 4) is 6.07 Å². The van der Waals surface area contributed by atoms with Crippen LogP contribution in [0.3, 0.4) is 0 Å². The highest BCUT2D eigenvalue weighted by Gasteiger charge is 2.46. The van der Waals surface area contributed by atoms with Crippen molar-refractivity contribution in [3.63, 3.8) is 0 Å². The van der Waals surface area contributed by atoms with E-state index in [1.165, 1.54) is 51.7 Å².